The maximum absolute atomic E-state index is 12.1. The zero-order valence-electron chi connectivity index (χ0n) is 12.3. The van der Waals surface area contributed by atoms with Gasteiger partial charge in [-0.15, -0.1) is 0 Å². The Hall–Kier alpha value is -1.07. The molecule has 1 aromatic heterocycles. The van der Waals surface area contributed by atoms with E-state index in [-0.39, 0.29) is 16.2 Å². The molecule has 6 heteroatoms. The van der Waals surface area contributed by atoms with Gasteiger partial charge in [0, 0.05) is 20.2 Å². The largest absolute Gasteiger partial charge is 0.379 e. The molecular weight excluding hydrogens is 278 g/mol. The van der Waals surface area contributed by atoms with Crippen molar-refractivity contribution in [2.24, 2.45) is 5.92 Å². The summed E-state index contributed by atoms with van der Waals surface area (Å²) < 4.78 is 6.94. The van der Waals surface area contributed by atoms with Gasteiger partial charge in [0.1, 0.15) is 5.02 Å². The van der Waals surface area contributed by atoms with Crippen LogP contribution in [0.1, 0.15) is 33.1 Å². The fourth-order valence-electron chi connectivity index (χ4n) is 2.34. The molecule has 20 heavy (non-hydrogen) atoms. The first-order chi connectivity index (χ1) is 9.47. The van der Waals surface area contributed by atoms with Crippen LogP contribution in [0.4, 0.5) is 5.69 Å². The lowest BCUT2D eigenvalue weighted by atomic mass is 9.80. The minimum Gasteiger partial charge on any atom is -0.379 e. The van der Waals surface area contributed by atoms with Crippen molar-refractivity contribution in [1.29, 1.82) is 0 Å². The van der Waals surface area contributed by atoms with Crippen molar-refractivity contribution in [2.75, 3.05) is 19.0 Å². The second kappa shape index (κ2) is 6.14. The van der Waals surface area contributed by atoms with Crippen molar-refractivity contribution in [3.05, 3.63) is 21.6 Å². The monoisotopic (exact) mass is 299 g/mol. The second-order valence-electron chi connectivity index (χ2n) is 5.85. The number of hydrogen-bond donors (Lipinski definition) is 1. The van der Waals surface area contributed by atoms with Crippen LogP contribution in [0.25, 0.3) is 0 Å². The van der Waals surface area contributed by atoms with Crippen molar-refractivity contribution >= 4 is 17.3 Å². The van der Waals surface area contributed by atoms with Gasteiger partial charge in [0.05, 0.1) is 17.5 Å². The molecule has 0 radical (unpaired) electrons. The molecular formula is C14H22ClN3O2. The van der Waals surface area contributed by atoms with Gasteiger partial charge in [-0.3, -0.25) is 4.79 Å². The molecule has 1 heterocycles. The molecule has 1 N–H and O–H groups in total. The van der Waals surface area contributed by atoms with E-state index in [1.54, 1.807) is 13.3 Å². The van der Waals surface area contributed by atoms with E-state index in [0.717, 1.165) is 12.8 Å². The molecule has 0 aromatic carbocycles. The molecule has 0 spiro atoms. The Labute approximate surface area is 124 Å². The van der Waals surface area contributed by atoms with Crippen LogP contribution in [0.3, 0.4) is 0 Å². The predicted octanol–water partition coefficient (Wildman–Crippen LogP) is 2.53. The number of nitrogens with one attached hydrogen (secondary N) is 1. The van der Waals surface area contributed by atoms with E-state index in [1.165, 1.54) is 11.1 Å². The van der Waals surface area contributed by atoms with Gasteiger partial charge in [-0.1, -0.05) is 25.4 Å². The van der Waals surface area contributed by atoms with Gasteiger partial charge < -0.3 is 10.1 Å². The molecule has 5 nitrogen and oxygen atoms in total. The number of hydrogen-bond acceptors (Lipinski definition) is 4. The van der Waals surface area contributed by atoms with E-state index in [0.29, 0.717) is 24.7 Å². The molecule has 1 aliphatic rings. The van der Waals surface area contributed by atoms with E-state index in [4.69, 9.17) is 16.3 Å². The first-order valence-corrected chi connectivity index (χ1v) is 7.40. The molecule has 0 aliphatic heterocycles. The molecule has 0 saturated heterocycles. The van der Waals surface area contributed by atoms with Crippen molar-refractivity contribution in [3.63, 3.8) is 0 Å². The number of nitrogens with zero attached hydrogens (tertiary/aromatic N) is 2. The number of rotatable bonds is 6. The Kier molecular flexibility index (Phi) is 4.70. The normalized spacial score (nSPS) is 17.1. The number of methoxy groups -OCH3 is 1. The summed E-state index contributed by atoms with van der Waals surface area (Å²) in [4.78, 5) is 12.1. The molecule has 0 bridgehead atoms. The summed E-state index contributed by atoms with van der Waals surface area (Å²) >= 11 is 6.14. The van der Waals surface area contributed by atoms with E-state index < -0.39 is 0 Å². The third-order valence-corrected chi connectivity index (χ3v) is 4.19. The summed E-state index contributed by atoms with van der Waals surface area (Å²) in [5, 5.41) is 7.56. The highest BCUT2D eigenvalue weighted by Crippen LogP contribution is 2.35. The molecule has 1 saturated carbocycles. The lowest BCUT2D eigenvalue weighted by molar-refractivity contribution is -0.0601. The number of ether oxygens (including phenoxy) is 1. The molecule has 1 aromatic rings. The predicted molar refractivity (Wildman–Crippen MR) is 80.4 cm³/mol. The van der Waals surface area contributed by atoms with Crippen LogP contribution in [0.2, 0.25) is 5.02 Å². The molecule has 112 valence electrons. The van der Waals surface area contributed by atoms with Crippen LogP contribution < -0.4 is 10.9 Å². The Morgan fingerprint density at radius 2 is 2.25 bits per heavy atom. The van der Waals surface area contributed by atoms with Crippen molar-refractivity contribution in [3.8, 4) is 0 Å². The highest BCUT2D eigenvalue weighted by Gasteiger charge is 2.36. The molecule has 0 unspecified atom stereocenters. The van der Waals surface area contributed by atoms with Gasteiger partial charge in [-0.2, -0.15) is 5.10 Å². The minimum atomic E-state index is -0.245. The van der Waals surface area contributed by atoms with Crippen molar-refractivity contribution < 1.29 is 4.74 Å². The van der Waals surface area contributed by atoms with Crippen molar-refractivity contribution in [2.45, 2.75) is 45.3 Å². The summed E-state index contributed by atoms with van der Waals surface area (Å²) in [5.41, 5.74) is 0.223. The Bertz CT molecular complexity index is 518. The summed E-state index contributed by atoms with van der Waals surface area (Å²) in [5.74, 6) is 0.349. The Morgan fingerprint density at radius 3 is 2.75 bits per heavy atom. The maximum atomic E-state index is 12.1. The Balaban J connectivity index is 2.09. The fourth-order valence-corrected chi connectivity index (χ4v) is 2.56. The highest BCUT2D eigenvalue weighted by atomic mass is 35.5. The summed E-state index contributed by atoms with van der Waals surface area (Å²) in [6.07, 6.45) is 4.86. The maximum Gasteiger partial charge on any atom is 0.287 e. The fraction of sp³-hybridized carbons (Fsp3) is 0.714. The third-order valence-electron chi connectivity index (χ3n) is 3.82. The first kappa shape index (κ1) is 15.3. The van der Waals surface area contributed by atoms with Gasteiger partial charge >= 0.3 is 0 Å². The van der Waals surface area contributed by atoms with Crippen LogP contribution in [-0.4, -0.2) is 29.0 Å². The van der Waals surface area contributed by atoms with Crippen LogP contribution in [-0.2, 0) is 11.3 Å². The van der Waals surface area contributed by atoms with Crippen LogP contribution in [0, 0.1) is 5.92 Å². The van der Waals surface area contributed by atoms with E-state index >= 15 is 0 Å². The summed E-state index contributed by atoms with van der Waals surface area (Å²) in [7, 11) is 1.72. The third kappa shape index (κ3) is 3.15. The zero-order chi connectivity index (χ0) is 14.8. The van der Waals surface area contributed by atoms with Gasteiger partial charge in [-0.05, 0) is 25.2 Å². The molecule has 0 amide bonds. The molecule has 1 fully saturated rings. The summed E-state index contributed by atoms with van der Waals surface area (Å²) in [6.45, 7) is 5.29. The smallest absolute Gasteiger partial charge is 0.287 e. The van der Waals surface area contributed by atoms with Crippen LogP contribution in [0.15, 0.2) is 11.0 Å². The highest BCUT2D eigenvalue weighted by molar-refractivity contribution is 6.32. The van der Waals surface area contributed by atoms with Gasteiger partial charge in [0.25, 0.3) is 5.56 Å². The first-order valence-electron chi connectivity index (χ1n) is 7.02. The number of anilines is 1. The number of aromatic nitrogens is 2. The van der Waals surface area contributed by atoms with E-state index in [2.05, 4.69) is 10.4 Å². The van der Waals surface area contributed by atoms with E-state index in [9.17, 15) is 4.79 Å². The number of halogens is 1. The van der Waals surface area contributed by atoms with Gasteiger partial charge in [-0.25, -0.2) is 4.68 Å². The average Bonchev–Trinajstić information content (AvgIpc) is 2.36. The topological polar surface area (TPSA) is 56.1 Å². The molecule has 1 aliphatic carbocycles. The van der Waals surface area contributed by atoms with Crippen LogP contribution >= 0.6 is 11.6 Å². The lowest BCUT2D eigenvalue weighted by Crippen LogP contribution is -2.45. The minimum absolute atomic E-state index is 0.115. The second-order valence-corrected chi connectivity index (χ2v) is 6.23. The lowest BCUT2D eigenvalue weighted by Gasteiger charge is -2.40. The SMILES string of the molecule is COC1(CNc2cnn(CC(C)C)c(=O)c2Cl)CCC1. The van der Waals surface area contributed by atoms with E-state index in [1.807, 2.05) is 13.8 Å². The van der Waals surface area contributed by atoms with Crippen LogP contribution in [0.5, 0.6) is 0 Å². The Morgan fingerprint density at radius 1 is 1.55 bits per heavy atom. The zero-order valence-corrected chi connectivity index (χ0v) is 13.0. The molecule has 0 atom stereocenters. The summed E-state index contributed by atoms with van der Waals surface area (Å²) in [6, 6.07) is 0. The standard InChI is InChI=1S/C14H22ClN3O2/c1-10(2)8-18-13(19)12(15)11(7-17-18)16-9-14(20-3)5-4-6-14/h7,10,16H,4-6,8-9H2,1-3H3. The van der Waals surface area contributed by atoms with Crippen molar-refractivity contribution in [1.82, 2.24) is 9.78 Å². The average molecular weight is 300 g/mol. The van der Waals surface area contributed by atoms with Gasteiger partial charge in [0.2, 0.25) is 0 Å². The molecule has 2 rings (SSSR count). The van der Waals surface area contributed by atoms with Gasteiger partial charge in [0.15, 0.2) is 0 Å². The quantitative estimate of drug-likeness (QED) is 0.877.